The van der Waals surface area contributed by atoms with Crippen molar-refractivity contribution in [1.29, 1.82) is 0 Å². The maximum absolute atomic E-state index is 12.9. The normalized spacial score (nSPS) is 16.6. The molecule has 166 valence electrons. The average Bonchev–Trinajstić information content (AvgIpc) is 3.11. The largest absolute Gasteiger partial charge is 0.488 e. The number of halogens is 3. The van der Waals surface area contributed by atoms with Crippen LogP contribution in [0.15, 0.2) is 69.7 Å². The molecule has 32 heavy (non-hydrogen) atoms. The molecule has 0 aromatic heterocycles. The zero-order valence-electron chi connectivity index (χ0n) is 16.6. The number of esters is 1. The van der Waals surface area contributed by atoms with Crippen LogP contribution in [0.4, 0.5) is 13.2 Å². The first kappa shape index (κ1) is 23.1. The highest BCUT2D eigenvalue weighted by Crippen LogP contribution is 2.30. The lowest BCUT2D eigenvalue weighted by atomic mass is 10.1. The Kier molecular flexibility index (Phi) is 7.31. The van der Waals surface area contributed by atoms with E-state index in [0.717, 1.165) is 30.0 Å². The molecular weight excluding hydrogens is 447 g/mol. The summed E-state index contributed by atoms with van der Waals surface area (Å²) in [4.78, 5) is 23.2. The summed E-state index contributed by atoms with van der Waals surface area (Å²) in [6.45, 7) is -0.0725. The summed E-state index contributed by atoms with van der Waals surface area (Å²) in [7, 11) is 1.20. The van der Waals surface area contributed by atoms with Gasteiger partial charge in [-0.2, -0.15) is 18.3 Å². The lowest BCUT2D eigenvalue weighted by Crippen LogP contribution is -2.19. The second-order valence-electron chi connectivity index (χ2n) is 6.26. The fraction of sp³-hybridized carbons (Fsp3) is 0.143. The molecular formula is C21H16F3N3O4S. The molecule has 1 N–H and O–H groups in total. The van der Waals surface area contributed by atoms with Crippen LogP contribution < -0.4 is 10.1 Å². The molecule has 1 aliphatic rings. The monoisotopic (exact) mass is 463 g/mol. The van der Waals surface area contributed by atoms with Crippen molar-refractivity contribution in [3.63, 3.8) is 0 Å². The third-order valence-electron chi connectivity index (χ3n) is 4.01. The van der Waals surface area contributed by atoms with Crippen LogP contribution in [0, 0.1) is 0 Å². The third kappa shape index (κ3) is 6.20. The van der Waals surface area contributed by atoms with E-state index in [9.17, 15) is 22.8 Å². The Morgan fingerprint density at radius 2 is 1.97 bits per heavy atom. The number of carbonyl (C=O) groups is 2. The van der Waals surface area contributed by atoms with Crippen molar-refractivity contribution in [1.82, 2.24) is 5.32 Å². The Labute approximate surface area is 185 Å². The summed E-state index contributed by atoms with van der Waals surface area (Å²) in [6, 6.07) is 11.7. The number of thioether (sulfide) groups is 1. The minimum atomic E-state index is -4.43. The Balaban J connectivity index is 1.68. The first-order chi connectivity index (χ1) is 15.3. The number of hydrogen-bond acceptors (Lipinski definition) is 7. The number of methoxy groups -OCH3 is 1. The zero-order chi connectivity index (χ0) is 23.1. The minimum Gasteiger partial charge on any atom is -0.488 e. The van der Waals surface area contributed by atoms with Crippen molar-refractivity contribution < 1.29 is 32.2 Å². The zero-order valence-corrected chi connectivity index (χ0v) is 17.4. The van der Waals surface area contributed by atoms with Crippen LogP contribution in [0.3, 0.4) is 0 Å². The maximum atomic E-state index is 12.9. The second-order valence-corrected chi connectivity index (χ2v) is 7.29. The van der Waals surface area contributed by atoms with Crippen molar-refractivity contribution in [3.05, 3.63) is 76.2 Å². The summed E-state index contributed by atoms with van der Waals surface area (Å²) >= 11 is 0.925. The molecule has 1 amide bonds. The van der Waals surface area contributed by atoms with Gasteiger partial charge in [-0.05, 0) is 41.6 Å². The molecule has 1 heterocycles. The van der Waals surface area contributed by atoms with Crippen LogP contribution in [0.1, 0.15) is 16.7 Å². The third-order valence-corrected chi connectivity index (χ3v) is 4.91. The van der Waals surface area contributed by atoms with E-state index in [1.165, 1.54) is 25.5 Å². The number of para-hydroxylation sites is 1. The van der Waals surface area contributed by atoms with Crippen molar-refractivity contribution in [3.8, 4) is 5.75 Å². The molecule has 3 rings (SSSR count). The molecule has 7 nitrogen and oxygen atoms in total. The number of carbonyl (C=O) groups excluding carboxylic acids is 2. The van der Waals surface area contributed by atoms with E-state index in [1.54, 1.807) is 24.3 Å². The fourth-order valence-corrected chi connectivity index (χ4v) is 3.24. The molecule has 0 atom stereocenters. The highest BCUT2D eigenvalue weighted by molar-refractivity contribution is 8.18. The summed E-state index contributed by atoms with van der Waals surface area (Å²) in [6.07, 6.45) is -2.01. The van der Waals surface area contributed by atoms with Crippen LogP contribution in [0.2, 0.25) is 0 Å². The topological polar surface area (TPSA) is 89.3 Å². The lowest BCUT2D eigenvalue weighted by molar-refractivity contribution is -0.137. The molecule has 2 aromatic carbocycles. The van der Waals surface area contributed by atoms with Gasteiger partial charge in [0.15, 0.2) is 5.17 Å². The van der Waals surface area contributed by atoms with Gasteiger partial charge in [-0.3, -0.25) is 10.1 Å². The van der Waals surface area contributed by atoms with E-state index in [0.29, 0.717) is 16.9 Å². The summed E-state index contributed by atoms with van der Waals surface area (Å²) in [5.74, 6) is -0.776. The molecule has 1 saturated heterocycles. The highest BCUT2D eigenvalue weighted by atomic mass is 32.2. The molecule has 0 aliphatic carbocycles. The van der Waals surface area contributed by atoms with E-state index in [4.69, 9.17) is 4.74 Å². The quantitative estimate of drug-likeness (QED) is 0.304. The number of amides is 1. The van der Waals surface area contributed by atoms with Gasteiger partial charge in [-0.15, -0.1) is 5.10 Å². The first-order valence-corrected chi connectivity index (χ1v) is 9.86. The second kappa shape index (κ2) is 10.1. The van der Waals surface area contributed by atoms with Crippen molar-refractivity contribution >= 4 is 35.0 Å². The Morgan fingerprint density at radius 1 is 1.19 bits per heavy atom. The van der Waals surface area contributed by atoms with Crippen molar-refractivity contribution in [2.75, 3.05) is 7.11 Å². The molecule has 0 spiro atoms. The van der Waals surface area contributed by atoms with Crippen LogP contribution in [-0.4, -0.2) is 30.4 Å². The van der Waals surface area contributed by atoms with Gasteiger partial charge in [0.1, 0.15) is 12.4 Å². The number of nitrogens with one attached hydrogen (secondary N) is 1. The number of nitrogens with zero attached hydrogens (tertiary/aromatic N) is 2. The number of benzene rings is 2. The number of amidine groups is 1. The van der Waals surface area contributed by atoms with Crippen LogP contribution in [0.5, 0.6) is 5.75 Å². The molecule has 11 heteroatoms. The Bertz CT molecular complexity index is 1110. The highest BCUT2D eigenvalue weighted by Gasteiger charge is 2.30. The first-order valence-electron chi connectivity index (χ1n) is 9.04. The van der Waals surface area contributed by atoms with Crippen molar-refractivity contribution in [2.45, 2.75) is 12.8 Å². The van der Waals surface area contributed by atoms with Gasteiger partial charge in [0.2, 0.25) is 0 Å². The van der Waals surface area contributed by atoms with Crippen LogP contribution in [0.25, 0.3) is 0 Å². The molecule has 0 radical (unpaired) electrons. The van der Waals surface area contributed by atoms with Crippen LogP contribution in [-0.2, 0) is 27.1 Å². The maximum Gasteiger partial charge on any atom is 0.416 e. The predicted octanol–water partition coefficient (Wildman–Crippen LogP) is 3.89. The SMILES string of the molecule is COC(=O)/C=C1/S/C(=N\N=Cc2ccccc2OCc2cccc(C(F)(F)F)c2)NC1=O. The number of alkyl halides is 3. The summed E-state index contributed by atoms with van der Waals surface area (Å²) in [5.41, 5.74) is 0.145. The molecule has 0 bridgehead atoms. The number of hydrogen-bond donors (Lipinski definition) is 1. The van der Waals surface area contributed by atoms with Gasteiger partial charge in [0.05, 0.1) is 23.8 Å². The molecule has 0 saturated carbocycles. The number of ether oxygens (including phenoxy) is 2. The van der Waals surface area contributed by atoms with Gasteiger partial charge >= 0.3 is 12.1 Å². The Hall–Kier alpha value is -3.60. The summed E-state index contributed by atoms with van der Waals surface area (Å²) < 4.78 is 48.7. The Morgan fingerprint density at radius 3 is 2.72 bits per heavy atom. The smallest absolute Gasteiger partial charge is 0.416 e. The standard InChI is InChI=1S/C21H16F3N3O4S/c1-30-18(28)10-17-19(29)26-20(32-17)27-25-11-14-6-2-3-8-16(14)31-12-13-5-4-7-15(9-13)21(22,23)24/h2-11H,12H2,1H3,(H,26,27,29)/b17-10+,25-11?. The number of rotatable bonds is 6. The van der Waals surface area contributed by atoms with Gasteiger partial charge in [-0.1, -0.05) is 24.3 Å². The molecule has 1 fully saturated rings. The average molecular weight is 463 g/mol. The fourth-order valence-electron chi connectivity index (χ4n) is 2.50. The van der Waals surface area contributed by atoms with Gasteiger partial charge in [0.25, 0.3) is 5.91 Å². The van der Waals surface area contributed by atoms with E-state index < -0.39 is 23.6 Å². The van der Waals surface area contributed by atoms with Gasteiger partial charge < -0.3 is 9.47 Å². The van der Waals surface area contributed by atoms with E-state index >= 15 is 0 Å². The molecule has 0 unspecified atom stereocenters. The lowest BCUT2D eigenvalue weighted by Gasteiger charge is -2.11. The minimum absolute atomic E-state index is 0.0725. The molecule has 2 aromatic rings. The van der Waals surface area contributed by atoms with E-state index in [2.05, 4.69) is 20.3 Å². The van der Waals surface area contributed by atoms with Gasteiger partial charge in [0, 0.05) is 11.6 Å². The molecule has 1 aliphatic heterocycles. The van der Waals surface area contributed by atoms with Crippen molar-refractivity contribution in [2.24, 2.45) is 10.2 Å². The van der Waals surface area contributed by atoms with Gasteiger partial charge in [-0.25, -0.2) is 4.79 Å². The van der Waals surface area contributed by atoms with E-state index in [1.807, 2.05) is 0 Å². The van der Waals surface area contributed by atoms with E-state index in [-0.39, 0.29) is 16.7 Å². The predicted molar refractivity (Wildman–Crippen MR) is 113 cm³/mol. The van der Waals surface area contributed by atoms with Crippen LogP contribution >= 0.6 is 11.8 Å². The summed E-state index contributed by atoms with van der Waals surface area (Å²) in [5, 5.41) is 10.4.